The number of alkyl halides is 4. The first kappa shape index (κ1) is 29.1. The molecule has 0 radical (unpaired) electrons. The maximum atomic E-state index is 14.2. The highest BCUT2D eigenvalue weighted by atomic mass is 31.2. The van der Waals surface area contributed by atoms with Gasteiger partial charge in [0, 0.05) is 11.1 Å². The van der Waals surface area contributed by atoms with E-state index in [2.05, 4.69) is 10.1 Å². The van der Waals surface area contributed by atoms with Crippen molar-refractivity contribution in [3.8, 4) is 0 Å². The van der Waals surface area contributed by atoms with Gasteiger partial charge < -0.3 is 19.4 Å². The number of nitrogens with zero attached hydrogens (tertiary/aromatic N) is 2. The van der Waals surface area contributed by atoms with Crippen molar-refractivity contribution in [2.75, 3.05) is 0 Å². The Hall–Kier alpha value is -3.86. The Morgan fingerprint density at radius 3 is 1.75 bits per heavy atom. The quantitative estimate of drug-likeness (QED) is 0.165. The second-order valence-corrected chi connectivity index (χ2v) is 11.0. The summed E-state index contributed by atoms with van der Waals surface area (Å²) in [6, 6.07) is 18.0. The summed E-state index contributed by atoms with van der Waals surface area (Å²) in [5.74, 6) is -5.91. The second kappa shape index (κ2) is 10.6. The predicted molar refractivity (Wildman–Crippen MR) is 134 cm³/mol. The molecule has 1 unspecified atom stereocenters. The maximum Gasteiger partial charge on any atom is 0.399 e. The molecule has 0 aliphatic heterocycles. The first-order valence-electron chi connectivity index (χ1n) is 11.8. The minimum atomic E-state index is -5.76. The zero-order valence-electron chi connectivity index (χ0n) is 20.8. The van der Waals surface area contributed by atoms with E-state index >= 15 is 0 Å². The van der Waals surface area contributed by atoms with Crippen molar-refractivity contribution < 1.29 is 46.3 Å². The van der Waals surface area contributed by atoms with E-state index in [4.69, 9.17) is 19.4 Å². The third-order valence-corrected chi connectivity index (χ3v) is 7.52. The van der Waals surface area contributed by atoms with Crippen LogP contribution < -0.4 is 0 Å². The summed E-state index contributed by atoms with van der Waals surface area (Å²) in [6.07, 6.45) is 0.172. The summed E-state index contributed by atoms with van der Waals surface area (Å²) in [6.45, 7) is 1.60. The van der Waals surface area contributed by atoms with Crippen LogP contribution in [0, 0.1) is 6.92 Å². The summed E-state index contributed by atoms with van der Waals surface area (Å²) in [5, 5.41) is 12.8. The molecule has 8 nitrogen and oxygen atoms in total. The molecule has 0 spiro atoms. The van der Waals surface area contributed by atoms with Crippen LogP contribution in [0.15, 0.2) is 83.4 Å². The van der Waals surface area contributed by atoms with E-state index in [0.29, 0.717) is 22.5 Å². The summed E-state index contributed by atoms with van der Waals surface area (Å²) >= 11 is 0. The highest BCUT2D eigenvalue weighted by Crippen LogP contribution is 2.59. The normalized spacial score (nSPS) is 14.1. The molecule has 0 bridgehead atoms. The molecule has 4 aromatic rings. The molecule has 4 rings (SSSR count). The van der Waals surface area contributed by atoms with Gasteiger partial charge in [0.1, 0.15) is 0 Å². The molecule has 1 heterocycles. The van der Waals surface area contributed by atoms with Crippen LogP contribution in [0.25, 0.3) is 0 Å². The molecule has 3 N–H and O–H groups in total. The first-order valence-corrected chi connectivity index (χ1v) is 13.4. The largest absolute Gasteiger partial charge is 0.477 e. The fourth-order valence-corrected chi connectivity index (χ4v) is 4.92. The standard InChI is InChI=1S/C27H23F4N2O6P/c1-17-32-23(39-33-17)25(20-5-3-2-4-6-20,15-18-7-11-21(12-8-18)26(28,29)24(34)35)16-19-9-13-22(14-10-19)27(30,31)40(36,37)38/h2-14H,15-16H2,1H3,(H,34,35)(H2,36,37,38). The third-order valence-electron chi connectivity index (χ3n) is 6.53. The molecule has 210 valence electrons. The van der Waals surface area contributed by atoms with Gasteiger partial charge in [-0.05, 0) is 36.5 Å². The number of benzene rings is 3. The summed E-state index contributed by atoms with van der Waals surface area (Å²) < 4.78 is 73.4. The summed E-state index contributed by atoms with van der Waals surface area (Å²) in [5.41, 5.74) is -5.45. The lowest BCUT2D eigenvalue weighted by Crippen LogP contribution is -2.34. The highest BCUT2D eigenvalue weighted by Gasteiger charge is 2.50. The van der Waals surface area contributed by atoms with E-state index in [1.54, 1.807) is 37.3 Å². The molecule has 0 saturated heterocycles. The molecule has 0 aliphatic rings. The van der Waals surface area contributed by atoms with Crippen molar-refractivity contribution >= 4 is 13.6 Å². The molecular formula is C27H23F4N2O6P. The SMILES string of the molecule is Cc1noc(C(Cc2ccc(C(F)(F)C(=O)O)cc2)(Cc2ccc(C(F)(F)P(=O)(O)O)cc2)c2ccccc2)n1. The van der Waals surface area contributed by atoms with Crippen LogP contribution in [-0.2, 0) is 39.2 Å². The summed E-state index contributed by atoms with van der Waals surface area (Å²) in [7, 11) is -5.76. The average Bonchev–Trinajstić information content (AvgIpc) is 3.35. The minimum absolute atomic E-state index is 0.0768. The average molecular weight is 578 g/mol. The van der Waals surface area contributed by atoms with Gasteiger partial charge in [-0.15, -0.1) is 0 Å². The number of carboxylic acids is 1. The molecule has 1 aromatic heterocycles. The number of carbonyl (C=O) groups is 1. The van der Waals surface area contributed by atoms with E-state index in [0.717, 1.165) is 24.3 Å². The van der Waals surface area contributed by atoms with Crippen molar-refractivity contribution in [3.63, 3.8) is 0 Å². The van der Waals surface area contributed by atoms with Crippen molar-refractivity contribution in [2.45, 2.75) is 36.8 Å². The number of aliphatic carboxylic acids is 1. The van der Waals surface area contributed by atoms with E-state index in [1.807, 2.05) is 0 Å². The lowest BCUT2D eigenvalue weighted by Gasteiger charge is -2.32. The maximum absolute atomic E-state index is 14.2. The first-order chi connectivity index (χ1) is 18.7. The van der Waals surface area contributed by atoms with E-state index < -0.39 is 41.7 Å². The minimum Gasteiger partial charge on any atom is -0.477 e. The third kappa shape index (κ3) is 5.56. The van der Waals surface area contributed by atoms with Gasteiger partial charge >= 0.3 is 25.2 Å². The fraction of sp³-hybridized carbons (Fsp3) is 0.222. The van der Waals surface area contributed by atoms with Gasteiger partial charge in [-0.25, -0.2) is 4.79 Å². The molecular weight excluding hydrogens is 555 g/mol. The van der Waals surface area contributed by atoms with Crippen molar-refractivity contribution in [1.29, 1.82) is 0 Å². The Morgan fingerprint density at radius 2 is 1.32 bits per heavy atom. The van der Waals surface area contributed by atoms with Gasteiger partial charge in [0.25, 0.3) is 0 Å². The molecule has 0 aliphatic carbocycles. The smallest absolute Gasteiger partial charge is 0.399 e. The topological polar surface area (TPSA) is 134 Å². The Balaban J connectivity index is 1.81. The lowest BCUT2D eigenvalue weighted by atomic mass is 9.71. The second-order valence-electron chi connectivity index (χ2n) is 9.31. The molecule has 0 fully saturated rings. The van der Waals surface area contributed by atoms with Crippen molar-refractivity contribution in [3.05, 3.63) is 118 Å². The zero-order chi connectivity index (χ0) is 29.3. The van der Waals surface area contributed by atoms with Crippen LogP contribution in [-0.4, -0.2) is 31.0 Å². The van der Waals surface area contributed by atoms with Crippen LogP contribution in [0.2, 0.25) is 0 Å². The van der Waals surface area contributed by atoms with Crippen LogP contribution in [0.1, 0.15) is 39.5 Å². The van der Waals surface area contributed by atoms with Crippen LogP contribution in [0.3, 0.4) is 0 Å². The van der Waals surface area contributed by atoms with Gasteiger partial charge in [0.15, 0.2) is 5.82 Å². The molecule has 3 aromatic carbocycles. The number of aromatic nitrogens is 2. The van der Waals surface area contributed by atoms with E-state index in [-0.39, 0.29) is 18.7 Å². The lowest BCUT2D eigenvalue weighted by molar-refractivity contribution is -0.166. The number of carboxylic acid groups (broad SMARTS) is 1. The van der Waals surface area contributed by atoms with Crippen LogP contribution in [0.4, 0.5) is 17.6 Å². The zero-order valence-corrected chi connectivity index (χ0v) is 21.7. The monoisotopic (exact) mass is 578 g/mol. The molecule has 1 atom stereocenters. The number of hydrogen-bond donors (Lipinski definition) is 3. The molecule has 40 heavy (non-hydrogen) atoms. The van der Waals surface area contributed by atoms with Crippen molar-refractivity contribution in [2.24, 2.45) is 0 Å². The van der Waals surface area contributed by atoms with Gasteiger partial charge in [0.2, 0.25) is 5.89 Å². The van der Waals surface area contributed by atoms with Crippen molar-refractivity contribution in [1.82, 2.24) is 10.1 Å². The van der Waals surface area contributed by atoms with E-state index in [9.17, 15) is 26.9 Å². The molecule has 0 saturated carbocycles. The van der Waals surface area contributed by atoms with E-state index in [1.165, 1.54) is 24.3 Å². The highest BCUT2D eigenvalue weighted by molar-refractivity contribution is 7.52. The van der Waals surface area contributed by atoms with Gasteiger partial charge in [-0.1, -0.05) is 84.0 Å². The Bertz CT molecular complexity index is 1540. The number of aryl methyl sites for hydroxylation is 1. The van der Waals surface area contributed by atoms with Crippen LogP contribution >= 0.6 is 7.60 Å². The predicted octanol–water partition coefficient (Wildman–Crippen LogP) is 5.55. The Morgan fingerprint density at radius 1 is 0.825 bits per heavy atom. The van der Waals surface area contributed by atoms with Gasteiger partial charge in [-0.2, -0.15) is 22.5 Å². The number of rotatable bonds is 10. The van der Waals surface area contributed by atoms with Gasteiger partial charge in [0.05, 0.1) is 5.41 Å². The van der Waals surface area contributed by atoms with Crippen LogP contribution in [0.5, 0.6) is 0 Å². The number of halogens is 4. The molecule has 0 amide bonds. The Labute approximate surface area is 225 Å². The van der Waals surface area contributed by atoms with Gasteiger partial charge in [-0.3, -0.25) is 4.57 Å². The fourth-order valence-electron chi connectivity index (χ4n) is 4.43. The number of hydrogen-bond acceptors (Lipinski definition) is 5. The Kier molecular flexibility index (Phi) is 7.72. The summed E-state index contributed by atoms with van der Waals surface area (Å²) in [4.78, 5) is 33.6. The molecule has 13 heteroatoms.